The van der Waals surface area contributed by atoms with Crippen molar-refractivity contribution in [3.8, 4) is 6.07 Å². The average molecular weight is 224 g/mol. The van der Waals surface area contributed by atoms with Crippen LogP contribution in [0.5, 0.6) is 0 Å². The molecule has 0 N–H and O–H groups in total. The van der Waals surface area contributed by atoms with Crippen LogP contribution in [-0.4, -0.2) is 24.5 Å². The summed E-state index contributed by atoms with van der Waals surface area (Å²) in [5.74, 6) is 0.781. The SMILES string of the molecule is CCC(C)CN(CC)CCCC(C)(C)C#N. The van der Waals surface area contributed by atoms with Gasteiger partial charge in [0.25, 0.3) is 0 Å². The lowest BCUT2D eigenvalue weighted by Crippen LogP contribution is -2.30. The van der Waals surface area contributed by atoms with E-state index < -0.39 is 0 Å². The van der Waals surface area contributed by atoms with Gasteiger partial charge in [-0.15, -0.1) is 0 Å². The molecule has 2 nitrogen and oxygen atoms in total. The van der Waals surface area contributed by atoms with Gasteiger partial charge >= 0.3 is 0 Å². The molecule has 0 heterocycles. The third kappa shape index (κ3) is 6.85. The highest BCUT2D eigenvalue weighted by atomic mass is 15.1. The fourth-order valence-corrected chi connectivity index (χ4v) is 1.75. The first-order chi connectivity index (χ1) is 7.45. The predicted octanol–water partition coefficient (Wildman–Crippen LogP) is 3.68. The molecule has 0 saturated carbocycles. The van der Waals surface area contributed by atoms with Crippen LogP contribution in [0.15, 0.2) is 0 Å². The van der Waals surface area contributed by atoms with Crippen molar-refractivity contribution in [3.05, 3.63) is 0 Å². The van der Waals surface area contributed by atoms with Crippen LogP contribution in [0.2, 0.25) is 0 Å². The van der Waals surface area contributed by atoms with Crippen LogP contribution >= 0.6 is 0 Å². The van der Waals surface area contributed by atoms with Crippen LogP contribution in [0.4, 0.5) is 0 Å². The van der Waals surface area contributed by atoms with Crippen LogP contribution < -0.4 is 0 Å². The molecule has 1 unspecified atom stereocenters. The first-order valence-electron chi connectivity index (χ1n) is 6.58. The summed E-state index contributed by atoms with van der Waals surface area (Å²) >= 11 is 0. The van der Waals surface area contributed by atoms with Gasteiger partial charge in [0.1, 0.15) is 0 Å². The third-order valence-electron chi connectivity index (χ3n) is 3.29. The van der Waals surface area contributed by atoms with Crippen molar-refractivity contribution >= 4 is 0 Å². The van der Waals surface area contributed by atoms with Crippen LogP contribution in [0.25, 0.3) is 0 Å². The fourth-order valence-electron chi connectivity index (χ4n) is 1.75. The van der Waals surface area contributed by atoms with Crippen molar-refractivity contribution in [2.75, 3.05) is 19.6 Å². The Morgan fingerprint density at radius 1 is 1.31 bits per heavy atom. The quantitative estimate of drug-likeness (QED) is 0.629. The minimum atomic E-state index is -0.157. The molecule has 2 heteroatoms. The molecule has 0 bridgehead atoms. The Labute approximate surface area is 102 Å². The smallest absolute Gasteiger partial charge is 0.0683 e. The average Bonchev–Trinajstić information content (AvgIpc) is 2.27. The molecule has 0 saturated heterocycles. The molecule has 0 rings (SSSR count). The zero-order valence-corrected chi connectivity index (χ0v) is 11.7. The molecular formula is C14H28N2. The Morgan fingerprint density at radius 3 is 2.38 bits per heavy atom. The molecule has 1 atom stereocenters. The maximum atomic E-state index is 8.94. The molecule has 0 aromatic rings. The standard InChI is InChI=1S/C14H28N2/c1-6-13(3)11-16(7-2)10-8-9-14(4,5)12-15/h13H,6-11H2,1-5H3. The zero-order chi connectivity index (χ0) is 12.6. The zero-order valence-electron chi connectivity index (χ0n) is 11.7. The second kappa shape index (κ2) is 7.68. The summed E-state index contributed by atoms with van der Waals surface area (Å²) in [6.45, 7) is 14.3. The van der Waals surface area contributed by atoms with Crippen molar-refractivity contribution in [1.82, 2.24) is 4.90 Å². The van der Waals surface area contributed by atoms with Crippen LogP contribution in [0.3, 0.4) is 0 Å². The Hall–Kier alpha value is -0.550. The highest BCUT2D eigenvalue weighted by Crippen LogP contribution is 2.20. The van der Waals surface area contributed by atoms with Crippen molar-refractivity contribution in [3.63, 3.8) is 0 Å². The number of rotatable bonds is 8. The third-order valence-corrected chi connectivity index (χ3v) is 3.29. The van der Waals surface area contributed by atoms with Gasteiger partial charge in [-0.2, -0.15) is 5.26 Å². The van der Waals surface area contributed by atoms with Crippen molar-refractivity contribution in [1.29, 1.82) is 5.26 Å². The number of nitrogens with zero attached hydrogens (tertiary/aromatic N) is 2. The van der Waals surface area contributed by atoms with Crippen molar-refractivity contribution in [2.24, 2.45) is 11.3 Å². The molecule has 0 aliphatic heterocycles. The number of nitriles is 1. The Morgan fingerprint density at radius 2 is 1.94 bits per heavy atom. The van der Waals surface area contributed by atoms with Gasteiger partial charge in [-0.3, -0.25) is 0 Å². The van der Waals surface area contributed by atoms with Gasteiger partial charge in [0, 0.05) is 6.54 Å². The summed E-state index contributed by atoms with van der Waals surface area (Å²) in [7, 11) is 0. The Balaban J connectivity index is 3.84. The lowest BCUT2D eigenvalue weighted by atomic mass is 9.90. The second-order valence-electron chi connectivity index (χ2n) is 5.51. The topological polar surface area (TPSA) is 27.0 Å². The monoisotopic (exact) mass is 224 g/mol. The first kappa shape index (κ1) is 15.4. The van der Waals surface area contributed by atoms with E-state index in [1.54, 1.807) is 0 Å². The Kier molecular flexibility index (Phi) is 7.42. The molecule has 0 aromatic carbocycles. The molecule has 0 radical (unpaired) electrons. The largest absolute Gasteiger partial charge is 0.303 e. The Bertz CT molecular complexity index is 215. The van der Waals surface area contributed by atoms with E-state index in [2.05, 4.69) is 31.7 Å². The molecule has 0 fully saturated rings. The number of hydrogen-bond acceptors (Lipinski definition) is 2. The first-order valence-corrected chi connectivity index (χ1v) is 6.58. The van der Waals surface area contributed by atoms with E-state index in [0.29, 0.717) is 0 Å². The molecule has 0 aromatic heterocycles. The van der Waals surface area contributed by atoms with E-state index in [-0.39, 0.29) is 5.41 Å². The van der Waals surface area contributed by atoms with Crippen molar-refractivity contribution in [2.45, 2.75) is 53.9 Å². The van der Waals surface area contributed by atoms with Gasteiger partial charge < -0.3 is 4.90 Å². The number of hydrogen-bond donors (Lipinski definition) is 0. The maximum Gasteiger partial charge on any atom is 0.0683 e. The second-order valence-corrected chi connectivity index (χ2v) is 5.51. The van der Waals surface area contributed by atoms with E-state index in [0.717, 1.165) is 31.8 Å². The van der Waals surface area contributed by atoms with Gasteiger partial charge in [0.05, 0.1) is 11.5 Å². The van der Waals surface area contributed by atoms with Crippen LogP contribution in [-0.2, 0) is 0 Å². The van der Waals surface area contributed by atoms with Gasteiger partial charge in [-0.1, -0.05) is 27.2 Å². The highest BCUT2D eigenvalue weighted by Gasteiger charge is 2.16. The highest BCUT2D eigenvalue weighted by molar-refractivity contribution is 4.91. The predicted molar refractivity (Wildman–Crippen MR) is 70.2 cm³/mol. The summed E-state index contributed by atoms with van der Waals surface area (Å²) in [4.78, 5) is 2.50. The van der Waals surface area contributed by atoms with E-state index in [1.165, 1.54) is 13.0 Å². The van der Waals surface area contributed by atoms with Gasteiger partial charge in [-0.05, 0) is 45.7 Å². The minimum Gasteiger partial charge on any atom is -0.303 e. The molecule has 16 heavy (non-hydrogen) atoms. The normalized spacial score (nSPS) is 13.8. The lowest BCUT2D eigenvalue weighted by Gasteiger charge is -2.25. The molecule has 0 aliphatic rings. The van der Waals surface area contributed by atoms with Crippen molar-refractivity contribution < 1.29 is 0 Å². The van der Waals surface area contributed by atoms with Gasteiger partial charge in [0.2, 0.25) is 0 Å². The summed E-state index contributed by atoms with van der Waals surface area (Å²) in [6, 6.07) is 2.37. The van der Waals surface area contributed by atoms with E-state index in [4.69, 9.17) is 5.26 Å². The maximum absolute atomic E-state index is 8.94. The van der Waals surface area contributed by atoms with E-state index in [9.17, 15) is 0 Å². The lowest BCUT2D eigenvalue weighted by molar-refractivity contribution is 0.232. The molecule has 0 spiro atoms. The molecular weight excluding hydrogens is 196 g/mol. The molecule has 0 aliphatic carbocycles. The fraction of sp³-hybridized carbons (Fsp3) is 0.929. The summed E-state index contributed by atoms with van der Waals surface area (Å²) in [6.07, 6.45) is 3.38. The van der Waals surface area contributed by atoms with Gasteiger partial charge in [-0.25, -0.2) is 0 Å². The van der Waals surface area contributed by atoms with Gasteiger partial charge in [0.15, 0.2) is 0 Å². The summed E-state index contributed by atoms with van der Waals surface area (Å²) in [5, 5.41) is 8.94. The molecule has 94 valence electrons. The molecule has 0 amide bonds. The van der Waals surface area contributed by atoms with E-state index >= 15 is 0 Å². The van der Waals surface area contributed by atoms with E-state index in [1.807, 2.05) is 13.8 Å². The minimum absolute atomic E-state index is 0.157. The summed E-state index contributed by atoms with van der Waals surface area (Å²) < 4.78 is 0. The summed E-state index contributed by atoms with van der Waals surface area (Å²) in [5.41, 5.74) is -0.157. The van der Waals surface area contributed by atoms with Crippen LogP contribution in [0.1, 0.15) is 53.9 Å². The van der Waals surface area contributed by atoms with Crippen LogP contribution in [0, 0.1) is 22.7 Å².